The number of esters is 1. The van der Waals surface area contributed by atoms with Crippen LogP contribution in [0, 0.1) is 5.82 Å². The molecule has 244 valence electrons. The SMILES string of the molecule is CC.CC(C)(C)OC(=O)C1=C(COC=O)CSC2C(NC(=O)COc3ccc4c(c3)ONCc3c-4[nH]c4ccc(F)cc34)C(=O)N12. The summed E-state index contributed by atoms with van der Waals surface area (Å²) in [6, 6.07) is 8.76. The van der Waals surface area contributed by atoms with Crippen molar-refractivity contribution in [3.8, 4) is 22.8 Å². The zero-order valence-corrected chi connectivity index (χ0v) is 26.8. The first kappa shape index (κ1) is 32.8. The minimum atomic E-state index is -0.882. The number of H-pyrrole nitrogens is 1. The Morgan fingerprint density at radius 1 is 1.20 bits per heavy atom. The van der Waals surface area contributed by atoms with Crippen LogP contribution in [0.15, 0.2) is 47.7 Å². The Kier molecular flexibility index (Phi) is 9.58. The monoisotopic (exact) mass is 654 g/mol. The molecule has 2 amide bonds. The van der Waals surface area contributed by atoms with E-state index in [1.165, 1.54) is 28.8 Å². The summed E-state index contributed by atoms with van der Waals surface area (Å²) in [5.74, 6) is -0.952. The maximum atomic E-state index is 13.9. The maximum Gasteiger partial charge on any atom is 0.355 e. The number of amides is 2. The Labute approximate surface area is 268 Å². The summed E-state index contributed by atoms with van der Waals surface area (Å²) in [5, 5.41) is 2.90. The molecule has 0 bridgehead atoms. The second-order valence-electron chi connectivity index (χ2n) is 11.4. The third-order valence-electron chi connectivity index (χ3n) is 7.17. The highest BCUT2D eigenvalue weighted by atomic mass is 32.2. The number of hydrogen-bond donors (Lipinski definition) is 3. The molecule has 6 rings (SSSR count). The predicted molar refractivity (Wildman–Crippen MR) is 168 cm³/mol. The number of thioether (sulfide) groups is 1. The van der Waals surface area contributed by atoms with E-state index in [4.69, 9.17) is 19.0 Å². The molecule has 2 unspecified atom stereocenters. The molecular formula is C32H35FN4O8S. The molecule has 1 aromatic heterocycles. The second-order valence-corrected chi connectivity index (χ2v) is 12.5. The first-order valence-corrected chi connectivity index (χ1v) is 15.8. The number of rotatable bonds is 8. The number of halogens is 1. The van der Waals surface area contributed by atoms with E-state index >= 15 is 0 Å². The number of nitrogens with zero attached hydrogens (tertiary/aromatic N) is 1. The van der Waals surface area contributed by atoms with Crippen molar-refractivity contribution in [3.63, 3.8) is 0 Å². The zero-order valence-electron chi connectivity index (χ0n) is 26.0. The van der Waals surface area contributed by atoms with Gasteiger partial charge in [-0.25, -0.2) is 9.18 Å². The molecule has 0 aliphatic carbocycles. The number of hydrogen-bond acceptors (Lipinski definition) is 10. The smallest absolute Gasteiger partial charge is 0.355 e. The van der Waals surface area contributed by atoms with E-state index in [1.54, 1.807) is 45.0 Å². The average molecular weight is 655 g/mol. The number of hydroxylamine groups is 1. The van der Waals surface area contributed by atoms with Crippen LogP contribution in [-0.4, -0.2) is 70.1 Å². The van der Waals surface area contributed by atoms with Gasteiger partial charge < -0.3 is 29.3 Å². The molecule has 3 aromatic rings. The molecule has 3 aliphatic heterocycles. The van der Waals surface area contributed by atoms with Gasteiger partial charge in [0.25, 0.3) is 18.3 Å². The number of benzene rings is 2. The zero-order chi connectivity index (χ0) is 33.2. The van der Waals surface area contributed by atoms with Gasteiger partial charge in [-0.2, -0.15) is 5.48 Å². The molecular weight excluding hydrogens is 619 g/mol. The largest absolute Gasteiger partial charge is 0.484 e. The van der Waals surface area contributed by atoms with Gasteiger partial charge in [-0.05, 0) is 51.1 Å². The van der Waals surface area contributed by atoms with Gasteiger partial charge in [-0.3, -0.25) is 19.3 Å². The standard InChI is InChI=1S/C30H29FN4O8S.C2H6/c1-30(2,3)42-29(39)26-15(11-40-14-36)13-44-28-25(27(38)35(26)28)34-23(37)12-41-17-5-6-18-22(9-17)43-32-10-20-19-8-16(31)4-7-21(19)33-24(18)20;1-2/h4-9,14,25,28,32-33H,10-13H2,1-3H3,(H,34,37);1-2H3. The van der Waals surface area contributed by atoms with Crippen molar-refractivity contribution in [2.45, 2.75) is 58.2 Å². The van der Waals surface area contributed by atoms with Crippen LogP contribution in [0.2, 0.25) is 0 Å². The van der Waals surface area contributed by atoms with Crippen LogP contribution >= 0.6 is 11.8 Å². The summed E-state index contributed by atoms with van der Waals surface area (Å²) >= 11 is 1.33. The molecule has 0 spiro atoms. The maximum absolute atomic E-state index is 13.9. The quantitative estimate of drug-likeness (QED) is 0.185. The molecule has 1 saturated heterocycles. The first-order valence-electron chi connectivity index (χ1n) is 14.8. The third-order valence-corrected chi connectivity index (χ3v) is 8.51. The van der Waals surface area contributed by atoms with Crippen molar-refractivity contribution in [2.75, 3.05) is 19.0 Å². The minimum absolute atomic E-state index is 0.0270. The van der Waals surface area contributed by atoms with Gasteiger partial charge in [0, 0.05) is 39.4 Å². The van der Waals surface area contributed by atoms with Gasteiger partial charge >= 0.3 is 5.97 Å². The molecule has 0 saturated carbocycles. The van der Waals surface area contributed by atoms with Crippen molar-refractivity contribution in [3.05, 3.63) is 59.0 Å². The van der Waals surface area contributed by atoms with Crippen molar-refractivity contribution in [1.29, 1.82) is 0 Å². The van der Waals surface area contributed by atoms with E-state index in [-0.39, 0.29) is 31.2 Å². The van der Waals surface area contributed by atoms with Gasteiger partial charge in [-0.1, -0.05) is 13.8 Å². The Balaban J connectivity index is 0.00000204. The number of carbonyl (C=O) groups is 4. The number of fused-ring (bicyclic) bond motifs is 6. The van der Waals surface area contributed by atoms with E-state index in [1.807, 2.05) is 13.8 Å². The highest BCUT2D eigenvalue weighted by molar-refractivity contribution is 8.00. The topological polar surface area (TPSA) is 148 Å². The molecule has 1 fully saturated rings. The summed E-state index contributed by atoms with van der Waals surface area (Å²) in [4.78, 5) is 60.0. The van der Waals surface area contributed by atoms with Crippen LogP contribution in [0.5, 0.6) is 11.5 Å². The molecule has 14 heteroatoms. The van der Waals surface area contributed by atoms with Crippen molar-refractivity contribution in [1.82, 2.24) is 20.7 Å². The fourth-order valence-electron chi connectivity index (χ4n) is 5.31. The highest BCUT2D eigenvalue weighted by Gasteiger charge is 2.54. The molecule has 46 heavy (non-hydrogen) atoms. The van der Waals surface area contributed by atoms with E-state index in [0.717, 1.165) is 27.7 Å². The second kappa shape index (κ2) is 13.4. The third kappa shape index (κ3) is 6.53. The fourth-order valence-corrected chi connectivity index (χ4v) is 6.64. The summed E-state index contributed by atoms with van der Waals surface area (Å²) in [6.45, 7) is 9.19. The number of β-lactam (4-membered cyclic amide) rings is 1. The Morgan fingerprint density at radius 2 is 1.98 bits per heavy atom. The number of aromatic nitrogens is 1. The summed E-state index contributed by atoms with van der Waals surface area (Å²) < 4.78 is 29.9. The van der Waals surface area contributed by atoms with Crippen LogP contribution in [0.1, 0.15) is 40.2 Å². The van der Waals surface area contributed by atoms with Crippen LogP contribution in [0.3, 0.4) is 0 Å². The normalized spacial score (nSPS) is 18.4. The fraction of sp³-hybridized carbons (Fsp3) is 0.375. The van der Waals surface area contributed by atoms with Crippen molar-refractivity contribution < 1.29 is 42.6 Å². The lowest BCUT2D eigenvalue weighted by molar-refractivity contribution is -0.159. The van der Waals surface area contributed by atoms with Gasteiger partial charge in [0.2, 0.25) is 0 Å². The summed E-state index contributed by atoms with van der Waals surface area (Å²) in [6.07, 6.45) is 0. The molecule has 0 radical (unpaired) electrons. The van der Waals surface area contributed by atoms with Crippen LogP contribution in [-0.2, 0) is 35.2 Å². The molecule has 12 nitrogen and oxygen atoms in total. The average Bonchev–Trinajstić information content (AvgIpc) is 3.28. The highest BCUT2D eigenvalue weighted by Crippen LogP contribution is 2.42. The van der Waals surface area contributed by atoms with Crippen LogP contribution in [0.25, 0.3) is 22.2 Å². The molecule has 2 atom stereocenters. The van der Waals surface area contributed by atoms with E-state index in [9.17, 15) is 23.6 Å². The van der Waals surface area contributed by atoms with Gasteiger partial charge in [0.05, 0.1) is 12.2 Å². The lowest BCUT2D eigenvalue weighted by atomic mass is 10.0. The number of aromatic amines is 1. The van der Waals surface area contributed by atoms with E-state index in [0.29, 0.717) is 29.4 Å². The lowest BCUT2D eigenvalue weighted by Gasteiger charge is -2.49. The van der Waals surface area contributed by atoms with Crippen molar-refractivity contribution in [2.24, 2.45) is 0 Å². The minimum Gasteiger partial charge on any atom is -0.484 e. The summed E-state index contributed by atoms with van der Waals surface area (Å²) in [7, 11) is 0. The van der Waals surface area contributed by atoms with Crippen LogP contribution < -0.4 is 20.4 Å². The Bertz CT molecular complexity index is 1720. The first-order chi connectivity index (χ1) is 22.0. The lowest BCUT2D eigenvalue weighted by Crippen LogP contribution is -2.71. The summed E-state index contributed by atoms with van der Waals surface area (Å²) in [5.41, 5.74) is 5.71. The van der Waals surface area contributed by atoms with Gasteiger partial charge in [0.15, 0.2) is 12.4 Å². The van der Waals surface area contributed by atoms with Crippen LogP contribution in [0.4, 0.5) is 4.39 Å². The Morgan fingerprint density at radius 3 is 2.72 bits per heavy atom. The molecule has 3 N–H and O–H groups in total. The Hall–Kier alpha value is -4.56. The van der Waals surface area contributed by atoms with Gasteiger partial charge in [0.1, 0.15) is 40.9 Å². The van der Waals surface area contributed by atoms with Gasteiger partial charge in [-0.15, -0.1) is 11.8 Å². The number of nitrogens with one attached hydrogen (secondary N) is 3. The molecule has 4 heterocycles. The number of ether oxygens (including phenoxy) is 3. The predicted octanol–water partition coefficient (Wildman–Crippen LogP) is 3.94. The van der Waals surface area contributed by atoms with E-state index < -0.39 is 34.8 Å². The van der Waals surface area contributed by atoms with E-state index in [2.05, 4.69) is 15.8 Å². The number of carbonyl (C=O) groups excluding carboxylic acids is 4. The van der Waals surface area contributed by atoms with Crippen molar-refractivity contribution >= 4 is 46.9 Å². The molecule has 3 aliphatic rings. The molecule has 2 aromatic carbocycles.